The molecule has 0 fully saturated rings. The first-order valence-electron chi connectivity index (χ1n) is 5.71. The third kappa shape index (κ3) is 4.93. The fraction of sp³-hybridized carbons (Fsp3) is 0. The van der Waals surface area contributed by atoms with Crippen molar-refractivity contribution in [1.29, 1.82) is 0 Å². The van der Waals surface area contributed by atoms with E-state index in [1.54, 1.807) is 0 Å². The van der Waals surface area contributed by atoms with Crippen molar-refractivity contribution < 1.29 is 40.2 Å². The lowest BCUT2D eigenvalue weighted by molar-refractivity contribution is 0.0685. The van der Waals surface area contributed by atoms with E-state index in [9.17, 15) is 9.59 Å². The van der Waals surface area contributed by atoms with Gasteiger partial charge in [0.05, 0.1) is 11.1 Å². The fourth-order valence-corrected chi connectivity index (χ4v) is 1.44. The molecule has 0 unspecified atom stereocenters. The number of rotatable bonds is 2. The molecule has 0 spiro atoms. The number of benzene rings is 2. The number of aromatic carboxylic acids is 2. The Labute approximate surface area is 123 Å². The van der Waals surface area contributed by atoms with Gasteiger partial charge < -0.3 is 30.6 Å². The van der Waals surface area contributed by atoms with Crippen LogP contribution in [0.5, 0.6) is 23.0 Å². The molecule has 0 saturated carbocycles. The summed E-state index contributed by atoms with van der Waals surface area (Å²) in [6.07, 6.45) is 0. The van der Waals surface area contributed by atoms with Crippen molar-refractivity contribution in [1.82, 2.24) is 0 Å². The molecule has 8 heteroatoms. The molecule has 0 aliphatic heterocycles. The summed E-state index contributed by atoms with van der Waals surface area (Å²) in [5.41, 5.74) is -0.273. The third-order valence-corrected chi connectivity index (χ3v) is 2.30. The molecule has 0 aliphatic carbocycles. The molecule has 22 heavy (non-hydrogen) atoms. The maximum absolute atomic E-state index is 10.3. The molecular formula is C14H12O8. The summed E-state index contributed by atoms with van der Waals surface area (Å²) < 4.78 is 0. The minimum Gasteiger partial charge on any atom is -0.508 e. The molecule has 0 heterocycles. The van der Waals surface area contributed by atoms with Gasteiger partial charge in [0.1, 0.15) is 23.0 Å². The van der Waals surface area contributed by atoms with E-state index in [-0.39, 0.29) is 34.1 Å². The van der Waals surface area contributed by atoms with Crippen LogP contribution in [0.25, 0.3) is 0 Å². The van der Waals surface area contributed by atoms with Gasteiger partial charge in [0.25, 0.3) is 0 Å². The molecular weight excluding hydrogens is 296 g/mol. The highest BCUT2D eigenvalue weighted by atomic mass is 16.4. The van der Waals surface area contributed by atoms with Crippen LogP contribution in [0.1, 0.15) is 20.7 Å². The Morgan fingerprint density at radius 1 is 0.545 bits per heavy atom. The van der Waals surface area contributed by atoms with Gasteiger partial charge in [0, 0.05) is 12.1 Å². The second kappa shape index (κ2) is 6.84. The molecule has 0 radical (unpaired) electrons. The predicted molar refractivity (Wildman–Crippen MR) is 73.5 cm³/mol. The molecule has 8 nitrogen and oxygen atoms in total. The summed E-state index contributed by atoms with van der Waals surface area (Å²) in [5.74, 6) is -3.41. The average molecular weight is 308 g/mol. The first-order chi connectivity index (χ1) is 10.2. The number of carboxylic acids is 2. The molecule has 116 valence electrons. The van der Waals surface area contributed by atoms with Crippen molar-refractivity contribution >= 4 is 11.9 Å². The zero-order chi connectivity index (χ0) is 16.9. The SMILES string of the molecule is O=C(O)c1cc(O)cc(O)c1.O=C(O)c1cc(O)cc(O)c1. The third-order valence-electron chi connectivity index (χ3n) is 2.30. The topological polar surface area (TPSA) is 156 Å². The summed E-state index contributed by atoms with van der Waals surface area (Å²) in [6, 6.07) is 6.35. The van der Waals surface area contributed by atoms with Crippen molar-refractivity contribution in [3.8, 4) is 23.0 Å². The van der Waals surface area contributed by atoms with Crippen LogP contribution in [0.3, 0.4) is 0 Å². The largest absolute Gasteiger partial charge is 0.508 e. The minimum atomic E-state index is -1.18. The lowest BCUT2D eigenvalue weighted by Gasteiger charge is -1.96. The number of carboxylic acid groups (broad SMARTS) is 2. The number of hydrogen-bond acceptors (Lipinski definition) is 6. The van der Waals surface area contributed by atoms with E-state index in [0.29, 0.717) is 0 Å². The molecule has 0 bridgehead atoms. The molecule has 0 aliphatic rings. The van der Waals surface area contributed by atoms with Gasteiger partial charge in [0.2, 0.25) is 0 Å². The normalized spacial score (nSPS) is 9.45. The zero-order valence-electron chi connectivity index (χ0n) is 11.0. The fourth-order valence-electron chi connectivity index (χ4n) is 1.44. The van der Waals surface area contributed by atoms with Crippen molar-refractivity contribution in [3.63, 3.8) is 0 Å². The highest BCUT2D eigenvalue weighted by Gasteiger charge is 2.05. The number of hydrogen-bond donors (Lipinski definition) is 6. The van der Waals surface area contributed by atoms with Gasteiger partial charge in [-0.05, 0) is 24.3 Å². The van der Waals surface area contributed by atoms with Gasteiger partial charge in [-0.3, -0.25) is 0 Å². The van der Waals surface area contributed by atoms with Crippen LogP contribution in [0.4, 0.5) is 0 Å². The summed E-state index contributed by atoms with van der Waals surface area (Å²) >= 11 is 0. The van der Waals surface area contributed by atoms with E-state index in [4.69, 9.17) is 30.6 Å². The monoisotopic (exact) mass is 308 g/mol. The molecule has 0 atom stereocenters. The quantitative estimate of drug-likeness (QED) is 0.488. The molecule has 2 aromatic rings. The van der Waals surface area contributed by atoms with Crippen molar-refractivity contribution in [3.05, 3.63) is 47.5 Å². The highest BCUT2D eigenvalue weighted by molar-refractivity contribution is 5.89. The highest BCUT2D eigenvalue weighted by Crippen LogP contribution is 2.20. The Morgan fingerprint density at radius 3 is 0.955 bits per heavy atom. The van der Waals surface area contributed by atoms with E-state index in [0.717, 1.165) is 36.4 Å². The molecule has 2 aromatic carbocycles. The van der Waals surface area contributed by atoms with Crippen LogP contribution < -0.4 is 0 Å². The van der Waals surface area contributed by atoms with Crippen LogP contribution >= 0.6 is 0 Å². The minimum absolute atomic E-state index is 0.137. The Kier molecular flexibility index (Phi) is 5.17. The zero-order valence-corrected chi connectivity index (χ0v) is 11.0. The Bertz CT molecular complexity index is 606. The number of carbonyl (C=O) groups is 2. The average Bonchev–Trinajstić information content (AvgIpc) is 2.37. The lowest BCUT2D eigenvalue weighted by Crippen LogP contribution is -1.94. The lowest BCUT2D eigenvalue weighted by atomic mass is 10.2. The van der Waals surface area contributed by atoms with Gasteiger partial charge >= 0.3 is 11.9 Å². The summed E-state index contributed by atoms with van der Waals surface area (Å²) in [7, 11) is 0. The Morgan fingerprint density at radius 2 is 0.773 bits per heavy atom. The maximum Gasteiger partial charge on any atom is 0.335 e. The molecule has 6 N–H and O–H groups in total. The van der Waals surface area contributed by atoms with Gasteiger partial charge in [-0.2, -0.15) is 0 Å². The first-order valence-corrected chi connectivity index (χ1v) is 5.71. The van der Waals surface area contributed by atoms with Crippen LogP contribution in [-0.2, 0) is 0 Å². The predicted octanol–water partition coefficient (Wildman–Crippen LogP) is 1.59. The second-order valence-electron chi connectivity index (χ2n) is 4.09. The first kappa shape index (κ1) is 16.6. The van der Waals surface area contributed by atoms with E-state index in [2.05, 4.69) is 0 Å². The molecule has 0 amide bonds. The standard InChI is InChI=1S/2C7H6O4/c2*8-5-1-4(7(10)11)2-6(9)3-5/h2*1-3,8-9H,(H,10,11). The summed E-state index contributed by atoms with van der Waals surface area (Å²) in [6.45, 7) is 0. The van der Waals surface area contributed by atoms with Crippen molar-refractivity contribution in [2.75, 3.05) is 0 Å². The van der Waals surface area contributed by atoms with Gasteiger partial charge in [0.15, 0.2) is 0 Å². The van der Waals surface area contributed by atoms with Crippen molar-refractivity contribution in [2.24, 2.45) is 0 Å². The molecule has 0 aromatic heterocycles. The Hall–Kier alpha value is -3.42. The van der Waals surface area contributed by atoms with Crippen LogP contribution in [0.2, 0.25) is 0 Å². The number of aromatic hydroxyl groups is 4. The van der Waals surface area contributed by atoms with E-state index in [1.165, 1.54) is 0 Å². The van der Waals surface area contributed by atoms with Crippen LogP contribution in [-0.4, -0.2) is 42.6 Å². The van der Waals surface area contributed by atoms with E-state index >= 15 is 0 Å². The van der Waals surface area contributed by atoms with Crippen molar-refractivity contribution in [2.45, 2.75) is 0 Å². The molecule has 2 rings (SSSR count). The van der Waals surface area contributed by atoms with Gasteiger partial charge in [-0.1, -0.05) is 0 Å². The van der Waals surface area contributed by atoms with Gasteiger partial charge in [-0.15, -0.1) is 0 Å². The number of phenolic OH excluding ortho intramolecular Hbond substituents is 4. The number of phenols is 4. The maximum atomic E-state index is 10.3. The Balaban J connectivity index is 0.000000220. The van der Waals surface area contributed by atoms with Crippen LogP contribution in [0.15, 0.2) is 36.4 Å². The van der Waals surface area contributed by atoms with Crippen LogP contribution in [0, 0.1) is 0 Å². The van der Waals surface area contributed by atoms with E-state index < -0.39 is 11.9 Å². The summed E-state index contributed by atoms with van der Waals surface area (Å²) in [4.78, 5) is 20.6. The van der Waals surface area contributed by atoms with Gasteiger partial charge in [-0.25, -0.2) is 9.59 Å². The van der Waals surface area contributed by atoms with E-state index in [1.807, 2.05) is 0 Å². The second-order valence-corrected chi connectivity index (χ2v) is 4.09. The summed E-state index contributed by atoms with van der Waals surface area (Å²) in [5, 5.41) is 52.1. The molecule has 0 saturated heterocycles. The smallest absolute Gasteiger partial charge is 0.335 e.